The molecule has 2 aromatic rings. The first-order valence-electron chi connectivity index (χ1n) is 5.83. The second-order valence-corrected chi connectivity index (χ2v) is 4.13. The molecular formula is C15H13FO4. The summed E-state index contributed by atoms with van der Waals surface area (Å²) in [7, 11) is 1.20. The van der Waals surface area contributed by atoms with E-state index in [0.29, 0.717) is 11.3 Å². The van der Waals surface area contributed by atoms with Gasteiger partial charge in [0.25, 0.3) is 0 Å². The lowest BCUT2D eigenvalue weighted by Gasteiger charge is -2.09. The van der Waals surface area contributed by atoms with Crippen molar-refractivity contribution in [2.45, 2.75) is 6.10 Å². The zero-order chi connectivity index (χ0) is 14.7. The predicted molar refractivity (Wildman–Crippen MR) is 70.2 cm³/mol. The van der Waals surface area contributed by atoms with Gasteiger partial charge in [-0.2, -0.15) is 0 Å². The number of rotatable bonds is 4. The number of halogens is 1. The Kier molecular flexibility index (Phi) is 4.00. The molecule has 20 heavy (non-hydrogen) atoms. The van der Waals surface area contributed by atoms with Crippen LogP contribution in [0.15, 0.2) is 53.0 Å². The monoisotopic (exact) mass is 276 g/mol. The molecule has 0 saturated heterocycles. The number of aliphatic hydroxyl groups is 1. The van der Waals surface area contributed by atoms with Gasteiger partial charge in [0.05, 0.1) is 12.7 Å². The fourth-order valence-corrected chi connectivity index (χ4v) is 1.68. The van der Waals surface area contributed by atoms with Crippen LogP contribution in [0.4, 0.5) is 4.39 Å². The van der Waals surface area contributed by atoms with E-state index in [4.69, 9.17) is 4.42 Å². The second kappa shape index (κ2) is 5.71. The Morgan fingerprint density at radius 2 is 1.95 bits per heavy atom. The summed E-state index contributed by atoms with van der Waals surface area (Å²) in [5.41, 5.74) is 0.543. The van der Waals surface area contributed by atoms with Crippen molar-refractivity contribution in [3.8, 4) is 11.3 Å². The Balaban J connectivity index is 2.22. The van der Waals surface area contributed by atoms with E-state index in [1.807, 2.05) is 0 Å². The van der Waals surface area contributed by atoms with Crippen molar-refractivity contribution >= 4 is 5.97 Å². The quantitative estimate of drug-likeness (QED) is 0.689. The molecule has 0 radical (unpaired) electrons. The molecule has 104 valence electrons. The zero-order valence-electron chi connectivity index (χ0n) is 10.8. The van der Waals surface area contributed by atoms with Crippen LogP contribution in [-0.2, 0) is 9.53 Å². The van der Waals surface area contributed by atoms with Crippen LogP contribution in [0.2, 0.25) is 0 Å². The van der Waals surface area contributed by atoms with Gasteiger partial charge in [-0.15, -0.1) is 0 Å². The summed E-state index contributed by atoms with van der Waals surface area (Å²) >= 11 is 0. The fourth-order valence-electron chi connectivity index (χ4n) is 1.68. The van der Waals surface area contributed by atoms with E-state index in [1.165, 1.54) is 25.3 Å². The van der Waals surface area contributed by atoms with Gasteiger partial charge in [0.15, 0.2) is 0 Å². The third-order valence-corrected chi connectivity index (χ3v) is 2.80. The van der Waals surface area contributed by atoms with Crippen LogP contribution in [0.3, 0.4) is 0 Å². The number of aliphatic hydroxyl groups excluding tert-OH is 1. The number of esters is 1. The summed E-state index contributed by atoms with van der Waals surface area (Å²) < 4.78 is 22.8. The van der Waals surface area contributed by atoms with Gasteiger partial charge >= 0.3 is 5.97 Å². The standard InChI is InChI=1S/C15H13FO4/c1-9(15(18)19-2)14(17)13-8-7-12(20-13)10-3-5-11(16)6-4-10/h3-8,14,17H,1H2,2H3. The van der Waals surface area contributed by atoms with Crippen molar-refractivity contribution in [1.29, 1.82) is 0 Å². The Morgan fingerprint density at radius 1 is 1.30 bits per heavy atom. The van der Waals surface area contributed by atoms with Crippen LogP contribution >= 0.6 is 0 Å². The molecule has 0 amide bonds. The predicted octanol–water partition coefficient (Wildman–Crippen LogP) is 2.85. The van der Waals surface area contributed by atoms with Gasteiger partial charge in [-0.3, -0.25) is 0 Å². The normalized spacial score (nSPS) is 11.9. The minimum absolute atomic E-state index is 0.118. The van der Waals surface area contributed by atoms with Crippen LogP contribution < -0.4 is 0 Å². The minimum Gasteiger partial charge on any atom is -0.466 e. The summed E-state index contributed by atoms with van der Waals surface area (Å²) in [6, 6.07) is 8.87. The van der Waals surface area contributed by atoms with Crippen LogP contribution in [0.25, 0.3) is 11.3 Å². The maximum absolute atomic E-state index is 12.8. The van der Waals surface area contributed by atoms with E-state index in [-0.39, 0.29) is 17.2 Å². The number of carbonyl (C=O) groups is 1. The van der Waals surface area contributed by atoms with E-state index in [1.54, 1.807) is 18.2 Å². The Bertz CT molecular complexity index is 628. The highest BCUT2D eigenvalue weighted by atomic mass is 19.1. The number of ether oxygens (including phenoxy) is 1. The maximum Gasteiger partial charge on any atom is 0.336 e. The van der Waals surface area contributed by atoms with Gasteiger partial charge in [-0.05, 0) is 36.4 Å². The molecule has 0 bridgehead atoms. The molecule has 0 fully saturated rings. The van der Waals surface area contributed by atoms with Gasteiger partial charge in [0.1, 0.15) is 23.4 Å². The Morgan fingerprint density at radius 3 is 2.55 bits per heavy atom. The highest BCUT2D eigenvalue weighted by molar-refractivity contribution is 5.88. The first kappa shape index (κ1) is 14.0. The lowest BCUT2D eigenvalue weighted by Crippen LogP contribution is -2.11. The van der Waals surface area contributed by atoms with Crippen LogP contribution in [0, 0.1) is 5.82 Å². The summed E-state index contributed by atoms with van der Waals surface area (Å²) in [4.78, 5) is 11.3. The van der Waals surface area contributed by atoms with Gasteiger partial charge < -0.3 is 14.3 Å². The van der Waals surface area contributed by atoms with Gasteiger partial charge in [0, 0.05) is 5.56 Å². The van der Waals surface area contributed by atoms with Gasteiger partial charge in [-0.25, -0.2) is 9.18 Å². The molecule has 0 aliphatic rings. The third kappa shape index (κ3) is 2.78. The van der Waals surface area contributed by atoms with Gasteiger partial charge in [0.2, 0.25) is 0 Å². The van der Waals surface area contributed by atoms with Crippen molar-refractivity contribution in [3.05, 3.63) is 60.1 Å². The molecule has 1 heterocycles. The Labute approximate surface area is 115 Å². The molecule has 1 aromatic carbocycles. The van der Waals surface area contributed by atoms with Crippen molar-refractivity contribution in [2.24, 2.45) is 0 Å². The number of methoxy groups -OCH3 is 1. The SMILES string of the molecule is C=C(C(=O)OC)C(O)c1ccc(-c2ccc(F)cc2)o1. The first-order chi connectivity index (χ1) is 9.52. The van der Waals surface area contributed by atoms with Crippen LogP contribution in [-0.4, -0.2) is 18.2 Å². The summed E-state index contributed by atoms with van der Waals surface area (Å²) in [5.74, 6) is -0.437. The zero-order valence-corrected chi connectivity index (χ0v) is 10.8. The van der Waals surface area contributed by atoms with Crippen molar-refractivity contribution in [1.82, 2.24) is 0 Å². The molecule has 1 unspecified atom stereocenters. The molecule has 1 atom stereocenters. The van der Waals surface area contributed by atoms with Crippen LogP contribution in [0.1, 0.15) is 11.9 Å². The number of carbonyl (C=O) groups excluding carboxylic acids is 1. The summed E-state index contributed by atoms with van der Waals surface area (Å²) in [6.07, 6.45) is -1.28. The Hall–Kier alpha value is -2.40. The average molecular weight is 276 g/mol. The average Bonchev–Trinajstić information content (AvgIpc) is 2.95. The number of benzene rings is 1. The van der Waals surface area contributed by atoms with Crippen molar-refractivity contribution in [3.63, 3.8) is 0 Å². The first-order valence-corrected chi connectivity index (χ1v) is 5.83. The molecule has 0 spiro atoms. The van der Waals surface area contributed by atoms with Crippen molar-refractivity contribution in [2.75, 3.05) is 7.11 Å². The second-order valence-electron chi connectivity index (χ2n) is 4.13. The lowest BCUT2D eigenvalue weighted by atomic mass is 10.1. The lowest BCUT2D eigenvalue weighted by molar-refractivity contribution is -0.137. The number of hydrogen-bond donors (Lipinski definition) is 1. The molecule has 0 saturated carbocycles. The molecule has 2 rings (SSSR count). The minimum atomic E-state index is -1.28. The highest BCUT2D eigenvalue weighted by Crippen LogP contribution is 2.28. The van der Waals surface area contributed by atoms with E-state index < -0.39 is 12.1 Å². The molecule has 0 aliphatic carbocycles. The third-order valence-electron chi connectivity index (χ3n) is 2.80. The van der Waals surface area contributed by atoms with Crippen LogP contribution in [0.5, 0.6) is 0 Å². The largest absolute Gasteiger partial charge is 0.466 e. The molecule has 0 aliphatic heterocycles. The molecule has 4 nitrogen and oxygen atoms in total. The number of furan rings is 1. The summed E-state index contributed by atoms with van der Waals surface area (Å²) in [5, 5.41) is 9.94. The maximum atomic E-state index is 12.8. The van der Waals surface area contributed by atoms with E-state index >= 15 is 0 Å². The molecule has 1 aromatic heterocycles. The fraction of sp³-hybridized carbons (Fsp3) is 0.133. The van der Waals surface area contributed by atoms with E-state index in [0.717, 1.165) is 0 Å². The molecule has 5 heteroatoms. The number of hydrogen-bond acceptors (Lipinski definition) is 4. The van der Waals surface area contributed by atoms with E-state index in [2.05, 4.69) is 11.3 Å². The highest BCUT2D eigenvalue weighted by Gasteiger charge is 2.22. The topological polar surface area (TPSA) is 59.7 Å². The molecular weight excluding hydrogens is 263 g/mol. The van der Waals surface area contributed by atoms with Crippen molar-refractivity contribution < 1.29 is 23.4 Å². The van der Waals surface area contributed by atoms with Gasteiger partial charge in [-0.1, -0.05) is 6.58 Å². The van der Waals surface area contributed by atoms with E-state index in [9.17, 15) is 14.3 Å². The smallest absolute Gasteiger partial charge is 0.336 e. The molecule has 1 N–H and O–H groups in total. The summed E-state index contributed by atoms with van der Waals surface area (Å²) in [6.45, 7) is 3.46.